The number of para-hydroxylation sites is 1. The molecule has 0 unspecified atom stereocenters. The van der Waals surface area contributed by atoms with E-state index < -0.39 is 0 Å². The number of pyridine rings is 1. The van der Waals surface area contributed by atoms with E-state index in [2.05, 4.69) is 10.3 Å². The predicted octanol–water partition coefficient (Wildman–Crippen LogP) is 3.65. The van der Waals surface area contributed by atoms with Crippen LogP contribution in [0.15, 0.2) is 24.3 Å². The summed E-state index contributed by atoms with van der Waals surface area (Å²) in [6, 6.07) is 7.42. The van der Waals surface area contributed by atoms with Gasteiger partial charge in [-0.25, -0.2) is 0 Å². The van der Waals surface area contributed by atoms with Gasteiger partial charge in [-0.05, 0) is 31.9 Å². The Labute approximate surface area is 135 Å². The highest BCUT2D eigenvalue weighted by Gasteiger charge is 2.28. The maximum absolute atomic E-state index is 12.5. The van der Waals surface area contributed by atoms with Gasteiger partial charge in [0, 0.05) is 17.1 Å². The van der Waals surface area contributed by atoms with Crippen molar-refractivity contribution in [3.63, 3.8) is 0 Å². The lowest BCUT2D eigenvalue weighted by molar-refractivity contribution is -0.121. The number of benzene rings is 1. The second-order valence-electron chi connectivity index (χ2n) is 5.99. The SMILES string of the molecule is Cc1cc(Cl)c2cccc(NC(=O)[C@@H]3CCCC[C@H]3N)c2n1. The highest BCUT2D eigenvalue weighted by molar-refractivity contribution is 6.35. The van der Waals surface area contributed by atoms with Crippen LogP contribution in [-0.2, 0) is 4.79 Å². The molecule has 1 fully saturated rings. The van der Waals surface area contributed by atoms with E-state index in [1.54, 1.807) is 0 Å². The summed E-state index contributed by atoms with van der Waals surface area (Å²) in [6.07, 6.45) is 3.93. The molecule has 0 saturated heterocycles. The molecule has 1 heterocycles. The Morgan fingerprint density at radius 2 is 2.14 bits per heavy atom. The van der Waals surface area contributed by atoms with Gasteiger partial charge in [0.25, 0.3) is 0 Å². The van der Waals surface area contributed by atoms with Gasteiger partial charge >= 0.3 is 0 Å². The van der Waals surface area contributed by atoms with Gasteiger partial charge < -0.3 is 11.1 Å². The number of halogens is 1. The molecule has 1 aliphatic carbocycles. The average molecular weight is 318 g/mol. The van der Waals surface area contributed by atoms with Crippen molar-refractivity contribution in [2.24, 2.45) is 11.7 Å². The van der Waals surface area contributed by atoms with Crippen LogP contribution in [0.25, 0.3) is 10.9 Å². The Morgan fingerprint density at radius 3 is 2.91 bits per heavy atom. The van der Waals surface area contributed by atoms with Gasteiger partial charge in [-0.15, -0.1) is 0 Å². The first-order valence-electron chi connectivity index (χ1n) is 7.68. The maximum Gasteiger partial charge on any atom is 0.229 e. The first kappa shape index (κ1) is 15.3. The molecule has 0 radical (unpaired) electrons. The van der Waals surface area contributed by atoms with Crippen LogP contribution < -0.4 is 11.1 Å². The van der Waals surface area contributed by atoms with E-state index in [0.29, 0.717) is 10.7 Å². The molecule has 1 aromatic heterocycles. The second kappa shape index (κ2) is 6.23. The Balaban J connectivity index is 1.92. The summed E-state index contributed by atoms with van der Waals surface area (Å²) in [6.45, 7) is 1.89. The minimum atomic E-state index is -0.121. The van der Waals surface area contributed by atoms with Gasteiger partial charge in [-0.3, -0.25) is 9.78 Å². The van der Waals surface area contributed by atoms with Crippen LogP contribution in [0.1, 0.15) is 31.4 Å². The molecule has 0 spiro atoms. The van der Waals surface area contributed by atoms with Crippen LogP contribution in [0.2, 0.25) is 5.02 Å². The van der Waals surface area contributed by atoms with E-state index in [4.69, 9.17) is 17.3 Å². The van der Waals surface area contributed by atoms with Gasteiger partial charge in [-0.2, -0.15) is 0 Å². The molecular formula is C17H20ClN3O. The Kier molecular flexibility index (Phi) is 4.32. The third-order valence-electron chi connectivity index (χ3n) is 4.33. The zero-order chi connectivity index (χ0) is 15.7. The van der Waals surface area contributed by atoms with Crippen LogP contribution in [-0.4, -0.2) is 16.9 Å². The number of nitrogens with two attached hydrogens (primary N) is 1. The van der Waals surface area contributed by atoms with E-state index in [9.17, 15) is 4.79 Å². The molecule has 0 aliphatic heterocycles. The molecule has 2 atom stereocenters. The molecule has 2 aromatic rings. The Bertz CT molecular complexity index is 716. The lowest BCUT2D eigenvalue weighted by atomic mass is 9.84. The van der Waals surface area contributed by atoms with Crippen LogP contribution >= 0.6 is 11.6 Å². The number of carbonyl (C=O) groups excluding carboxylic acids is 1. The summed E-state index contributed by atoms with van der Waals surface area (Å²) in [5.41, 5.74) is 8.35. The number of aryl methyl sites for hydroxylation is 1. The van der Waals surface area contributed by atoms with Gasteiger partial charge in [0.15, 0.2) is 0 Å². The number of nitrogens with zero attached hydrogens (tertiary/aromatic N) is 1. The van der Waals surface area contributed by atoms with Crippen molar-refractivity contribution in [2.75, 3.05) is 5.32 Å². The fraction of sp³-hybridized carbons (Fsp3) is 0.412. The fourth-order valence-corrected chi connectivity index (χ4v) is 3.45. The summed E-state index contributed by atoms with van der Waals surface area (Å²) < 4.78 is 0. The number of hydrogen-bond donors (Lipinski definition) is 2. The van der Waals surface area contributed by atoms with Gasteiger partial charge in [-0.1, -0.05) is 36.6 Å². The minimum absolute atomic E-state index is 0.0147. The Morgan fingerprint density at radius 1 is 1.36 bits per heavy atom. The number of carbonyl (C=O) groups is 1. The lowest BCUT2D eigenvalue weighted by Crippen LogP contribution is -2.40. The number of aromatic nitrogens is 1. The molecule has 3 rings (SSSR count). The zero-order valence-electron chi connectivity index (χ0n) is 12.6. The smallest absolute Gasteiger partial charge is 0.229 e. The van der Waals surface area contributed by atoms with Gasteiger partial charge in [0.1, 0.15) is 0 Å². The monoisotopic (exact) mass is 317 g/mol. The standard InChI is InChI=1S/C17H20ClN3O/c1-10-9-13(18)11-6-4-8-15(16(11)20-10)21-17(22)12-5-2-3-7-14(12)19/h4,6,8-9,12,14H,2-3,5,7,19H2,1H3,(H,21,22)/t12-,14-/m1/s1. The zero-order valence-corrected chi connectivity index (χ0v) is 13.4. The number of anilines is 1. The van der Waals surface area contributed by atoms with E-state index in [1.807, 2.05) is 31.2 Å². The highest BCUT2D eigenvalue weighted by Crippen LogP contribution is 2.30. The fourth-order valence-electron chi connectivity index (χ4n) is 3.14. The summed E-state index contributed by atoms with van der Waals surface area (Å²) in [7, 11) is 0. The third kappa shape index (κ3) is 2.94. The van der Waals surface area contributed by atoms with Crippen LogP contribution in [0.4, 0.5) is 5.69 Å². The van der Waals surface area contributed by atoms with Gasteiger partial charge in [0.2, 0.25) is 5.91 Å². The van der Waals surface area contributed by atoms with Crippen molar-refractivity contribution in [3.05, 3.63) is 35.0 Å². The van der Waals surface area contributed by atoms with E-state index in [-0.39, 0.29) is 17.9 Å². The molecule has 5 heteroatoms. The third-order valence-corrected chi connectivity index (χ3v) is 4.64. The molecule has 1 amide bonds. The van der Waals surface area contributed by atoms with Crippen molar-refractivity contribution in [3.8, 4) is 0 Å². The number of rotatable bonds is 2. The van der Waals surface area contributed by atoms with Crippen molar-refractivity contribution < 1.29 is 4.79 Å². The molecule has 1 saturated carbocycles. The number of hydrogen-bond acceptors (Lipinski definition) is 3. The molecule has 3 N–H and O–H groups in total. The maximum atomic E-state index is 12.5. The number of fused-ring (bicyclic) bond motifs is 1. The molecule has 1 aromatic carbocycles. The van der Waals surface area contributed by atoms with E-state index in [1.165, 1.54) is 0 Å². The minimum Gasteiger partial charge on any atom is -0.327 e. The van der Waals surface area contributed by atoms with E-state index in [0.717, 1.165) is 42.3 Å². The summed E-state index contributed by atoms with van der Waals surface area (Å²) in [5, 5.41) is 4.49. The quantitative estimate of drug-likeness (QED) is 0.888. The van der Waals surface area contributed by atoms with Crippen molar-refractivity contribution in [2.45, 2.75) is 38.6 Å². The molecule has 4 nitrogen and oxygen atoms in total. The average Bonchev–Trinajstić information content (AvgIpc) is 2.48. The normalized spacial score (nSPS) is 21.8. The van der Waals surface area contributed by atoms with Gasteiger partial charge in [0.05, 0.1) is 22.1 Å². The Hall–Kier alpha value is -1.65. The molecule has 0 bridgehead atoms. The first-order valence-corrected chi connectivity index (χ1v) is 8.06. The first-order chi connectivity index (χ1) is 10.6. The van der Waals surface area contributed by atoms with Crippen molar-refractivity contribution in [1.82, 2.24) is 4.98 Å². The molecule has 116 valence electrons. The van der Waals surface area contributed by atoms with Crippen molar-refractivity contribution in [1.29, 1.82) is 0 Å². The molecule has 1 aliphatic rings. The van der Waals surface area contributed by atoms with Crippen LogP contribution in [0.3, 0.4) is 0 Å². The summed E-state index contributed by atoms with van der Waals surface area (Å²) >= 11 is 6.27. The van der Waals surface area contributed by atoms with Crippen LogP contribution in [0.5, 0.6) is 0 Å². The summed E-state index contributed by atoms with van der Waals surface area (Å²) in [4.78, 5) is 17.1. The molecular weight excluding hydrogens is 298 g/mol. The summed E-state index contributed by atoms with van der Waals surface area (Å²) in [5.74, 6) is -0.136. The molecule has 22 heavy (non-hydrogen) atoms. The van der Waals surface area contributed by atoms with E-state index >= 15 is 0 Å². The number of amides is 1. The lowest BCUT2D eigenvalue weighted by Gasteiger charge is -2.27. The predicted molar refractivity (Wildman–Crippen MR) is 90.1 cm³/mol. The van der Waals surface area contributed by atoms with Crippen LogP contribution in [0, 0.1) is 12.8 Å². The topological polar surface area (TPSA) is 68.0 Å². The van der Waals surface area contributed by atoms with Crippen molar-refractivity contribution >= 4 is 34.1 Å². The second-order valence-corrected chi connectivity index (χ2v) is 6.40. The highest BCUT2D eigenvalue weighted by atomic mass is 35.5. The number of nitrogens with one attached hydrogen (secondary N) is 1. The largest absolute Gasteiger partial charge is 0.327 e.